The Balaban J connectivity index is 1.40. The lowest BCUT2D eigenvalue weighted by atomic mass is 9.96. The third-order valence-corrected chi connectivity index (χ3v) is 6.57. The van der Waals surface area contributed by atoms with E-state index in [1.165, 1.54) is 43.4 Å². The summed E-state index contributed by atoms with van der Waals surface area (Å²) in [5.41, 5.74) is 2.30. The fourth-order valence-corrected chi connectivity index (χ4v) is 4.91. The summed E-state index contributed by atoms with van der Waals surface area (Å²) < 4.78 is 13.5. The molecular formula is C25H31FN2O. The van der Waals surface area contributed by atoms with Gasteiger partial charge < -0.3 is 4.90 Å². The number of hydrogen-bond acceptors (Lipinski definition) is 2. The van der Waals surface area contributed by atoms with Crippen molar-refractivity contribution >= 4 is 5.91 Å². The summed E-state index contributed by atoms with van der Waals surface area (Å²) in [6.45, 7) is 3.22. The standard InChI is InChI=1S/C25H31FN2O/c26-23-13-11-22(12-14-23)25(21-8-2-1-3-9-21)28-18-16-27(17-19-28)24(29)15-10-20-6-4-5-7-20/h1-3,8-9,11-14,20,25H,4-7,10,15-19H2/t25-/m1/s1. The van der Waals surface area contributed by atoms with Gasteiger partial charge in [0.1, 0.15) is 5.82 Å². The van der Waals surface area contributed by atoms with E-state index < -0.39 is 0 Å². The Labute approximate surface area is 173 Å². The van der Waals surface area contributed by atoms with Crippen molar-refractivity contribution in [1.29, 1.82) is 0 Å². The van der Waals surface area contributed by atoms with Crippen LogP contribution in [0, 0.1) is 11.7 Å². The summed E-state index contributed by atoms with van der Waals surface area (Å²) in [4.78, 5) is 17.1. The van der Waals surface area contributed by atoms with Crippen molar-refractivity contribution in [3.63, 3.8) is 0 Å². The first-order valence-corrected chi connectivity index (χ1v) is 11.0. The monoisotopic (exact) mass is 394 g/mol. The topological polar surface area (TPSA) is 23.6 Å². The minimum Gasteiger partial charge on any atom is -0.340 e. The maximum Gasteiger partial charge on any atom is 0.222 e. The summed E-state index contributed by atoms with van der Waals surface area (Å²) in [6, 6.07) is 17.3. The number of amides is 1. The molecule has 2 aromatic rings. The van der Waals surface area contributed by atoms with Crippen LogP contribution in [0.2, 0.25) is 0 Å². The first-order valence-electron chi connectivity index (χ1n) is 11.0. The van der Waals surface area contributed by atoms with Crippen molar-refractivity contribution in [2.75, 3.05) is 26.2 Å². The number of rotatable bonds is 6. The van der Waals surface area contributed by atoms with Crippen LogP contribution in [0.25, 0.3) is 0 Å². The highest BCUT2D eigenvalue weighted by molar-refractivity contribution is 5.76. The van der Waals surface area contributed by atoms with Gasteiger partial charge in [-0.1, -0.05) is 68.1 Å². The molecule has 2 aromatic carbocycles. The highest BCUT2D eigenvalue weighted by Crippen LogP contribution is 2.31. The number of carbonyl (C=O) groups is 1. The van der Waals surface area contributed by atoms with E-state index in [4.69, 9.17) is 0 Å². The lowest BCUT2D eigenvalue weighted by Crippen LogP contribution is -2.49. The van der Waals surface area contributed by atoms with Gasteiger partial charge in [-0.05, 0) is 35.6 Å². The molecule has 0 radical (unpaired) electrons. The molecule has 1 amide bonds. The van der Waals surface area contributed by atoms with Gasteiger partial charge >= 0.3 is 0 Å². The summed E-state index contributed by atoms with van der Waals surface area (Å²) in [6.07, 6.45) is 7.03. The second-order valence-electron chi connectivity index (χ2n) is 8.47. The molecule has 4 heteroatoms. The molecular weight excluding hydrogens is 363 g/mol. The maximum atomic E-state index is 13.5. The smallest absolute Gasteiger partial charge is 0.222 e. The SMILES string of the molecule is O=C(CCC1CCCC1)N1CCN([C@H](c2ccccc2)c2ccc(F)cc2)CC1. The number of halogens is 1. The molecule has 1 atom stereocenters. The quantitative estimate of drug-likeness (QED) is 0.686. The molecule has 0 unspecified atom stereocenters. The van der Waals surface area contributed by atoms with Crippen molar-refractivity contribution < 1.29 is 9.18 Å². The Morgan fingerprint density at radius 3 is 2.17 bits per heavy atom. The first kappa shape index (κ1) is 20.1. The molecule has 0 spiro atoms. The summed E-state index contributed by atoms with van der Waals surface area (Å²) in [5.74, 6) is 0.869. The van der Waals surface area contributed by atoms with Gasteiger partial charge in [-0.2, -0.15) is 0 Å². The molecule has 1 heterocycles. The third kappa shape index (κ3) is 5.05. The van der Waals surface area contributed by atoms with Crippen LogP contribution in [-0.4, -0.2) is 41.9 Å². The molecule has 0 aromatic heterocycles. The van der Waals surface area contributed by atoms with Crippen molar-refractivity contribution in [3.8, 4) is 0 Å². The Hall–Kier alpha value is -2.20. The summed E-state index contributed by atoms with van der Waals surface area (Å²) >= 11 is 0. The average molecular weight is 395 g/mol. The van der Waals surface area contributed by atoms with E-state index in [0.29, 0.717) is 12.3 Å². The Morgan fingerprint density at radius 2 is 1.52 bits per heavy atom. The molecule has 3 nitrogen and oxygen atoms in total. The summed E-state index contributed by atoms with van der Waals surface area (Å²) in [7, 11) is 0. The second kappa shape index (κ2) is 9.53. The van der Waals surface area contributed by atoms with Crippen molar-refractivity contribution in [2.45, 2.75) is 44.6 Å². The minimum atomic E-state index is -0.210. The minimum absolute atomic E-state index is 0.0903. The van der Waals surface area contributed by atoms with Gasteiger partial charge in [0.15, 0.2) is 0 Å². The molecule has 1 saturated carbocycles. The van der Waals surface area contributed by atoms with Crippen LogP contribution in [0.1, 0.15) is 55.7 Å². The molecule has 29 heavy (non-hydrogen) atoms. The normalized spacial score (nSPS) is 19.4. The van der Waals surface area contributed by atoms with Gasteiger partial charge in [0.2, 0.25) is 5.91 Å². The number of hydrogen-bond donors (Lipinski definition) is 0. The largest absolute Gasteiger partial charge is 0.340 e. The van der Waals surface area contributed by atoms with Gasteiger partial charge in [-0.25, -0.2) is 4.39 Å². The fourth-order valence-electron chi connectivity index (χ4n) is 4.91. The molecule has 2 fully saturated rings. The van der Waals surface area contributed by atoms with E-state index in [0.717, 1.165) is 44.1 Å². The molecule has 1 aliphatic heterocycles. The molecule has 0 N–H and O–H groups in total. The highest BCUT2D eigenvalue weighted by atomic mass is 19.1. The van der Waals surface area contributed by atoms with Crippen LogP contribution >= 0.6 is 0 Å². The van der Waals surface area contributed by atoms with Gasteiger partial charge in [0.05, 0.1) is 6.04 Å². The predicted octanol–water partition coefficient (Wildman–Crippen LogP) is 5.03. The third-order valence-electron chi connectivity index (χ3n) is 6.57. The number of nitrogens with zero attached hydrogens (tertiary/aromatic N) is 2. The number of benzene rings is 2. The van der Waals surface area contributed by atoms with Crippen molar-refractivity contribution in [1.82, 2.24) is 9.80 Å². The van der Waals surface area contributed by atoms with Crippen molar-refractivity contribution in [3.05, 3.63) is 71.5 Å². The zero-order valence-electron chi connectivity index (χ0n) is 17.1. The van der Waals surface area contributed by atoms with E-state index in [1.807, 2.05) is 23.1 Å². The molecule has 2 aliphatic rings. The van der Waals surface area contributed by atoms with Crippen LogP contribution in [-0.2, 0) is 4.79 Å². The van der Waals surface area contributed by atoms with Crippen LogP contribution < -0.4 is 0 Å². The average Bonchev–Trinajstić information content (AvgIpc) is 3.29. The highest BCUT2D eigenvalue weighted by Gasteiger charge is 2.28. The van der Waals surface area contributed by atoms with E-state index in [1.54, 1.807) is 0 Å². The van der Waals surface area contributed by atoms with Gasteiger partial charge in [0.25, 0.3) is 0 Å². The molecule has 1 saturated heterocycles. The van der Waals surface area contributed by atoms with E-state index in [-0.39, 0.29) is 11.9 Å². The Morgan fingerprint density at radius 1 is 0.897 bits per heavy atom. The van der Waals surface area contributed by atoms with Crippen LogP contribution in [0.15, 0.2) is 54.6 Å². The number of carbonyl (C=O) groups excluding carboxylic acids is 1. The van der Waals surface area contributed by atoms with Crippen LogP contribution in [0.4, 0.5) is 4.39 Å². The molecule has 4 rings (SSSR count). The van der Waals surface area contributed by atoms with E-state index >= 15 is 0 Å². The zero-order chi connectivity index (χ0) is 20.1. The maximum absolute atomic E-state index is 13.5. The molecule has 154 valence electrons. The molecule has 1 aliphatic carbocycles. The summed E-state index contributed by atoms with van der Waals surface area (Å²) in [5, 5.41) is 0. The predicted molar refractivity (Wildman–Crippen MR) is 114 cm³/mol. The zero-order valence-corrected chi connectivity index (χ0v) is 17.1. The fraction of sp³-hybridized carbons (Fsp3) is 0.480. The first-order chi connectivity index (χ1) is 14.2. The Kier molecular flexibility index (Phi) is 6.60. The van der Waals surface area contributed by atoms with E-state index in [2.05, 4.69) is 29.2 Å². The molecule has 0 bridgehead atoms. The van der Waals surface area contributed by atoms with E-state index in [9.17, 15) is 9.18 Å². The van der Waals surface area contributed by atoms with Crippen LogP contribution in [0.5, 0.6) is 0 Å². The van der Waals surface area contributed by atoms with Crippen molar-refractivity contribution in [2.24, 2.45) is 5.92 Å². The van der Waals surface area contributed by atoms with Crippen LogP contribution in [0.3, 0.4) is 0 Å². The van der Waals surface area contributed by atoms with Gasteiger partial charge in [-0.15, -0.1) is 0 Å². The van der Waals surface area contributed by atoms with Gasteiger partial charge in [0, 0.05) is 32.6 Å². The lowest BCUT2D eigenvalue weighted by Gasteiger charge is -2.40. The lowest BCUT2D eigenvalue weighted by molar-refractivity contribution is -0.133. The number of piperazine rings is 1. The van der Waals surface area contributed by atoms with Gasteiger partial charge in [-0.3, -0.25) is 9.69 Å². The second-order valence-corrected chi connectivity index (χ2v) is 8.47. The Bertz CT molecular complexity index is 778.